The maximum atomic E-state index is 5.61. The molecule has 0 saturated heterocycles. The molecule has 0 fully saturated rings. The second-order valence-electron chi connectivity index (χ2n) is 4.70. The molecule has 0 unspecified atom stereocenters. The Bertz CT molecular complexity index is 812. The van der Waals surface area contributed by atoms with Gasteiger partial charge < -0.3 is 5.73 Å². The van der Waals surface area contributed by atoms with E-state index in [-0.39, 0.29) is 0 Å². The highest BCUT2D eigenvalue weighted by molar-refractivity contribution is 7.19. The molecule has 0 atom stereocenters. The van der Waals surface area contributed by atoms with E-state index in [2.05, 4.69) is 28.2 Å². The third-order valence-corrected chi connectivity index (χ3v) is 3.91. The lowest BCUT2D eigenvalue weighted by atomic mass is 10.2. The SMILES string of the molecule is CC(N)=Nc1ccc2sc(/C=C/c3ccccc3)nc2c1. The largest absolute Gasteiger partial charge is 0.387 e. The minimum absolute atomic E-state index is 0.550. The highest BCUT2D eigenvalue weighted by Crippen LogP contribution is 2.27. The van der Waals surface area contributed by atoms with Gasteiger partial charge in [0.1, 0.15) is 5.01 Å². The van der Waals surface area contributed by atoms with Crippen LogP contribution in [-0.2, 0) is 0 Å². The number of hydrogen-bond acceptors (Lipinski definition) is 3. The number of rotatable bonds is 3. The van der Waals surface area contributed by atoms with Crippen LogP contribution in [-0.4, -0.2) is 10.8 Å². The molecule has 21 heavy (non-hydrogen) atoms. The molecule has 3 aromatic rings. The second-order valence-corrected chi connectivity index (χ2v) is 5.76. The first-order valence-electron chi connectivity index (χ1n) is 6.65. The van der Waals surface area contributed by atoms with E-state index in [1.54, 1.807) is 18.3 Å². The number of nitrogens with two attached hydrogens (primary N) is 1. The molecule has 0 radical (unpaired) electrons. The van der Waals surface area contributed by atoms with Gasteiger partial charge in [-0.1, -0.05) is 36.4 Å². The van der Waals surface area contributed by atoms with E-state index in [0.29, 0.717) is 5.84 Å². The standard InChI is InChI=1S/C17H15N3S/c1-12(18)19-14-8-9-16-15(11-14)20-17(21-16)10-7-13-5-3-2-4-6-13/h2-11H,1H3,(H2,18,19)/b10-7+. The first-order chi connectivity index (χ1) is 10.2. The van der Waals surface area contributed by atoms with Gasteiger partial charge in [-0.25, -0.2) is 9.98 Å². The summed E-state index contributed by atoms with van der Waals surface area (Å²) in [5.41, 5.74) is 8.57. The van der Waals surface area contributed by atoms with E-state index in [9.17, 15) is 0 Å². The Labute approximate surface area is 127 Å². The number of nitrogens with zero attached hydrogens (tertiary/aromatic N) is 2. The van der Waals surface area contributed by atoms with Crippen LogP contribution in [0.2, 0.25) is 0 Å². The zero-order valence-corrected chi connectivity index (χ0v) is 12.5. The molecule has 0 bridgehead atoms. The second kappa shape index (κ2) is 5.89. The summed E-state index contributed by atoms with van der Waals surface area (Å²) < 4.78 is 1.15. The molecule has 0 aliphatic carbocycles. The highest BCUT2D eigenvalue weighted by Gasteiger charge is 2.02. The average molecular weight is 293 g/mol. The molecule has 3 rings (SSSR count). The van der Waals surface area contributed by atoms with Crippen LogP contribution >= 0.6 is 11.3 Å². The Morgan fingerprint density at radius 3 is 2.71 bits per heavy atom. The summed E-state index contributed by atoms with van der Waals surface area (Å²) in [5, 5.41) is 0.986. The lowest BCUT2D eigenvalue weighted by molar-refractivity contribution is 1.43. The summed E-state index contributed by atoms with van der Waals surface area (Å²) >= 11 is 1.67. The summed E-state index contributed by atoms with van der Waals surface area (Å²) in [7, 11) is 0. The van der Waals surface area contributed by atoms with Gasteiger partial charge in [-0.15, -0.1) is 11.3 Å². The van der Waals surface area contributed by atoms with Crippen molar-refractivity contribution in [2.75, 3.05) is 0 Å². The number of benzene rings is 2. The van der Waals surface area contributed by atoms with Crippen molar-refractivity contribution in [3.05, 3.63) is 59.1 Å². The maximum absolute atomic E-state index is 5.61. The molecule has 0 spiro atoms. The number of aliphatic imine (C=N–C) groups is 1. The Kier molecular flexibility index (Phi) is 3.79. The molecule has 0 amide bonds. The van der Waals surface area contributed by atoms with Crippen LogP contribution in [0.15, 0.2) is 53.5 Å². The van der Waals surface area contributed by atoms with E-state index in [4.69, 9.17) is 5.73 Å². The summed E-state index contributed by atoms with van der Waals surface area (Å²) in [6, 6.07) is 16.2. The van der Waals surface area contributed by atoms with Crippen LogP contribution in [0.25, 0.3) is 22.4 Å². The highest BCUT2D eigenvalue weighted by atomic mass is 32.1. The van der Waals surface area contributed by atoms with Crippen LogP contribution in [0.4, 0.5) is 5.69 Å². The van der Waals surface area contributed by atoms with Crippen molar-refractivity contribution in [2.45, 2.75) is 6.92 Å². The molecule has 0 aliphatic heterocycles. The van der Waals surface area contributed by atoms with Gasteiger partial charge in [-0.3, -0.25) is 0 Å². The first-order valence-corrected chi connectivity index (χ1v) is 7.47. The fourth-order valence-electron chi connectivity index (χ4n) is 2.01. The van der Waals surface area contributed by atoms with E-state index in [0.717, 1.165) is 20.9 Å². The van der Waals surface area contributed by atoms with Crippen LogP contribution < -0.4 is 5.73 Å². The van der Waals surface area contributed by atoms with Gasteiger partial charge in [0.25, 0.3) is 0 Å². The van der Waals surface area contributed by atoms with Gasteiger partial charge in [0.15, 0.2) is 0 Å². The van der Waals surface area contributed by atoms with Gasteiger partial charge in [-0.2, -0.15) is 0 Å². The van der Waals surface area contributed by atoms with Crippen LogP contribution in [0.3, 0.4) is 0 Å². The predicted octanol–water partition coefficient (Wildman–Crippen LogP) is 4.48. The predicted molar refractivity (Wildman–Crippen MR) is 91.9 cm³/mol. The quantitative estimate of drug-likeness (QED) is 0.572. The monoisotopic (exact) mass is 293 g/mol. The van der Waals surface area contributed by atoms with Crippen molar-refractivity contribution in [1.29, 1.82) is 0 Å². The molecule has 0 saturated carbocycles. The van der Waals surface area contributed by atoms with Gasteiger partial charge >= 0.3 is 0 Å². The third kappa shape index (κ3) is 3.35. The molecule has 3 nitrogen and oxygen atoms in total. The average Bonchev–Trinajstić information content (AvgIpc) is 2.88. The van der Waals surface area contributed by atoms with Crippen LogP contribution in [0, 0.1) is 0 Å². The smallest absolute Gasteiger partial charge is 0.117 e. The number of thiazole rings is 1. The fourth-order valence-corrected chi connectivity index (χ4v) is 2.86. The number of fused-ring (bicyclic) bond motifs is 1. The van der Waals surface area contributed by atoms with Crippen LogP contribution in [0.5, 0.6) is 0 Å². The molecule has 2 N–H and O–H groups in total. The lowest BCUT2D eigenvalue weighted by Gasteiger charge is -1.94. The third-order valence-electron chi connectivity index (χ3n) is 2.91. The Morgan fingerprint density at radius 2 is 1.95 bits per heavy atom. The van der Waals surface area contributed by atoms with Crippen molar-refractivity contribution in [1.82, 2.24) is 4.98 Å². The number of hydrogen-bond donors (Lipinski definition) is 1. The lowest BCUT2D eigenvalue weighted by Crippen LogP contribution is -2.03. The summed E-state index contributed by atoms with van der Waals surface area (Å²) in [6.45, 7) is 1.78. The summed E-state index contributed by atoms with van der Waals surface area (Å²) in [4.78, 5) is 8.87. The van der Waals surface area contributed by atoms with Crippen molar-refractivity contribution >= 4 is 45.2 Å². The van der Waals surface area contributed by atoms with Gasteiger partial charge in [0.05, 0.1) is 21.7 Å². The Balaban J connectivity index is 1.91. The maximum Gasteiger partial charge on any atom is 0.117 e. The van der Waals surface area contributed by atoms with Crippen molar-refractivity contribution in [3.8, 4) is 0 Å². The molecule has 0 aliphatic rings. The molecule has 4 heteroatoms. The van der Waals surface area contributed by atoms with E-state index >= 15 is 0 Å². The van der Waals surface area contributed by atoms with Crippen LogP contribution in [0.1, 0.15) is 17.5 Å². The van der Waals surface area contributed by atoms with E-state index < -0.39 is 0 Å². The topological polar surface area (TPSA) is 51.3 Å². The Morgan fingerprint density at radius 1 is 1.14 bits per heavy atom. The first kappa shape index (κ1) is 13.5. The number of aromatic nitrogens is 1. The molecule has 1 heterocycles. The summed E-state index contributed by atoms with van der Waals surface area (Å²) in [5.74, 6) is 0.550. The zero-order chi connectivity index (χ0) is 14.7. The van der Waals surface area contributed by atoms with Crippen molar-refractivity contribution in [3.63, 3.8) is 0 Å². The molecule has 104 valence electrons. The van der Waals surface area contributed by atoms with Gasteiger partial charge in [-0.05, 0) is 36.8 Å². The van der Waals surface area contributed by atoms with Gasteiger partial charge in [0.2, 0.25) is 0 Å². The summed E-state index contributed by atoms with van der Waals surface area (Å²) in [6.07, 6.45) is 4.11. The molecule has 2 aromatic carbocycles. The molecular weight excluding hydrogens is 278 g/mol. The minimum atomic E-state index is 0.550. The van der Waals surface area contributed by atoms with Crippen molar-refractivity contribution < 1.29 is 0 Å². The zero-order valence-electron chi connectivity index (χ0n) is 11.7. The normalized spacial score (nSPS) is 12.3. The molecule has 1 aromatic heterocycles. The fraction of sp³-hybridized carbons (Fsp3) is 0.0588. The Hall–Kier alpha value is -2.46. The number of amidine groups is 1. The van der Waals surface area contributed by atoms with Gasteiger partial charge in [0, 0.05) is 0 Å². The van der Waals surface area contributed by atoms with E-state index in [1.165, 1.54) is 5.56 Å². The molecular formula is C17H15N3S. The minimum Gasteiger partial charge on any atom is -0.387 e. The van der Waals surface area contributed by atoms with E-state index in [1.807, 2.05) is 42.5 Å². The van der Waals surface area contributed by atoms with Crippen molar-refractivity contribution in [2.24, 2.45) is 10.7 Å².